The fourth-order valence-electron chi connectivity index (χ4n) is 4.11. The highest BCUT2D eigenvalue weighted by atomic mass is 79.9. The summed E-state index contributed by atoms with van der Waals surface area (Å²) in [6.45, 7) is 3.92. The van der Waals surface area contributed by atoms with Crippen LogP contribution in [-0.2, 0) is 9.53 Å². The van der Waals surface area contributed by atoms with Crippen molar-refractivity contribution in [2.75, 3.05) is 6.61 Å². The van der Waals surface area contributed by atoms with Gasteiger partial charge in [-0.3, -0.25) is 4.79 Å². The molecule has 5 nitrogen and oxygen atoms in total. The van der Waals surface area contributed by atoms with Gasteiger partial charge in [0.2, 0.25) is 18.0 Å². The molecule has 1 atom stereocenters. The Hall–Kier alpha value is -3.38. The summed E-state index contributed by atoms with van der Waals surface area (Å²) in [5, 5.41) is 10.3. The van der Waals surface area contributed by atoms with Crippen LogP contribution in [0.15, 0.2) is 82.4 Å². The molecule has 0 spiro atoms. The first-order valence-electron chi connectivity index (χ1n) is 10.4. The van der Waals surface area contributed by atoms with E-state index in [1.54, 1.807) is 0 Å². The normalized spacial score (nSPS) is 15.7. The van der Waals surface area contributed by atoms with E-state index in [9.17, 15) is 4.79 Å². The minimum absolute atomic E-state index is 0.211. The predicted octanol–water partition coefficient (Wildman–Crippen LogP) is 6.39. The van der Waals surface area contributed by atoms with Crippen LogP contribution < -0.4 is 4.74 Å². The minimum Gasteiger partial charge on any atom is -0.493 e. The number of rotatable bonds is 4. The van der Waals surface area contributed by atoms with E-state index in [1.165, 1.54) is 11.9 Å². The minimum atomic E-state index is -0.723. The highest BCUT2D eigenvalue weighted by Gasteiger charge is 2.36. The number of benzene rings is 4. The van der Waals surface area contributed by atoms with Gasteiger partial charge in [-0.1, -0.05) is 64.5 Å². The zero-order valence-corrected chi connectivity index (χ0v) is 19.3. The van der Waals surface area contributed by atoms with Gasteiger partial charge in [-0.15, -0.1) is 5.10 Å². The summed E-state index contributed by atoms with van der Waals surface area (Å²) in [5.41, 5.74) is 1.61. The van der Waals surface area contributed by atoms with E-state index in [0.29, 0.717) is 18.3 Å². The summed E-state index contributed by atoms with van der Waals surface area (Å²) in [6, 6.07) is 24.1. The molecule has 1 aliphatic heterocycles. The van der Waals surface area contributed by atoms with Crippen molar-refractivity contribution in [2.45, 2.75) is 20.1 Å². The number of ether oxygens (including phenoxy) is 2. The molecule has 32 heavy (non-hydrogen) atoms. The number of amides is 1. The van der Waals surface area contributed by atoms with Gasteiger partial charge in [0.05, 0.1) is 17.7 Å². The van der Waals surface area contributed by atoms with E-state index >= 15 is 0 Å². The summed E-state index contributed by atoms with van der Waals surface area (Å²) < 4.78 is 13.1. The van der Waals surface area contributed by atoms with Crippen LogP contribution in [0.25, 0.3) is 21.5 Å². The van der Waals surface area contributed by atoms with Crippen LogP contribution in [0, 0.1) is 0 Å². The van der Waals surface area contributed by atoms with E-state index in [-0.39, 0.29) is 5.91 Å². The van der Waals surface area contributed by atoms with Crippen LogP contribution in [0.3, 0.4) is 0 Å². The number of fused-ring (bicyclic) bond motifs is 2. The second-order valence-electron chi connectivity index (χ2n) is 7.55. The zero-order chi connectivity index (χ0) is 22.2. The van der Waals surface area contributed by atoms with Gasteiger partial charge in [0, 0.05) is 11.4 Å². The number of hydrogen-bond donors (Lipinski definition) is 0. The lowest BCUT2D eigenvalue weighted by molar-refractivity contribution is -0.135. The monoisotopic (exact) mass is 488 g/mol. The molecule has 0 aliphatic carbocycles. The molecule has 1 aliphatic rings. The van der Waals surface area contributed by atoms with Crippen LogP contribution in [0.2, 0.25) is 0 Å². The van der Waals surface area contributed by atoms with Crippen molar-refractivity contribution in [1.82, 2.24) is 5.01 Å². The molecule has 1 heterocycles. The first-order chi connectivity index (χ1) is 15.6. The van der Waals surface area contributed by atoms with Crippen LogP contribution in [-0.4, -0.2) is 23.4 Å². The van der Waals surface area contributed by atoms with Gasteiger partial charge in [0.15, 0.2) is 0 Å². The number of halogens is 1. The van der Waals surface area contributed by atoms with Crippen molar-refractivity contribution in [3.8, 4) is 5.75 Å². The lowest BCUT2D eigenvalue weighted by Gasteiger charge is -2.22. The molecule has 0 N–H and O–H groups in total. The van der Waals surface area contributed by atoms with E-state index in [1.807, 2.05) is 49.4 Å². The average Bonchev–Trinajstić information content (AvgIpc) is 3.24. The van der Waals surface area contributed by atoms with E-state index in [2.05, 4.69) is 51.4 Å². The number of carbonyl (C=O) groups excluding carboxylic acids is 1. The standard InChI is InChI=1S/C26H21BrN2O3/c1-3-31-23-13-12-19(27)15-22(23)26-29(16(2)30)28-25(32-26)24-20-10-6-4-8-17(20)14-18-9-5-7-11-21(18)24/h4-15,26H,3H2,1-2H3. The molecule has 1 amide bonds. The third-order valence-electron chi connectivity index (χ3n) is 5.49. The Morgan fingerprint density at radius 2 is 1.69 bits per heavy atom. The van der Waals surface area contributed by atoms with Gasteiger partial charge in [-0.05, 0) is 52.7 Å². The second-order valence-corrected chi connectivity index (χ2v) is 8.46. The average molecular weight is 489 g/mol. The Labute approximate surface area is 194 Å². The molecule has 0 bridgehead atoms. The summed E-state index contributed by atoms with van der Waals surface area (Å²) in [6.07, 6.45) is -0.723. The van der Waals surface area contributed by atoms with Crippen molar-refractivity contribution in [1.29, 1.82) is 0 Å². The zero-order valence-electron chi connectivity index (χ0n) is 17.7. The highest BCUT2D eigenvalue weighted by Crippen LogP contribution is 2.39. The molecule has 6 heteroatoms. The summed E-state index contributed by atoms with van der Waals surface area (Å²) in [5.74, 6) is 0.865. The van der Waals surface area contributed by atoms with Gasteiger partial charge >= 0.3 is 0 Å². The maximum atomic E-state index is 12.6. The molecule has 0 fully saturated rings. The Kier molecular flexibility index (Phi) is 5.31. The predicted molar refractivity (Wildman–Crippen MR) is 130 cm³/mol. The van der Waals surface area contributed by atoms with Crippen molar-refractivity contribution in [3.63, 3.8) is 0 Å². The first-order valence-corrected chi connectivity index (χ1v) is 11.2. The van der Waals surface area contributed by atoms with Crippen molar-refractivity contribution >= 4 is 49.3 Å². The largest absolute Gasteiger partial charge is 0.493 e. The molecular formula is C26H21BrN2O3. The van der Waals surface area contributed by atoms with Crippen LogP contribution in [0.4, 0.5) is 0 Å². The molecule has 0 saturated carbocycles. The maximum Gasteiger partial charge on any atom is 0.243 e. The Bertz CT molecular complexity index is 1330. The first kappa shape index (κ1) is 20.5. The van der Waals surface area contributed by atoms with Gasteiger partial charge < -0.3 is 9.47 Å². The van der Waals surface area contributed by atoms with Gasteiger partial charge in [-0.2, -0.15) is 5.01 Å². The Morgan fingerprint density at radius 3 is 2.31 bits per heavy atom. The Balaban J connectivity index is 1.70. The van der Waals surface area contributed by atoms with Crippen LogP contribution in [0.5, 0.6) is 5.75 Å². The van der Waals surface area contributed by atoms with Crippen molar-refractivity contribution in [2.24, 2.45) is 5.10 Å². The highest BCUT2D eigenvalue weighted by molar-refractivity contribution is 9.10. The van der Waals surface area contributed by atoms with Gasteiger partial charge in [0.1, 0.15) is 5.75 Å². The molecular weight excluding hydrogens is 468 g/mol. The number of carbonyl (C=O) groups is 1. The lowest BCUT2D eigenvalue weighted by atomic mass is 9.96. The summed E-state index contributed by atoms with van der Waals surface area (Å²) >= 11 is 3.52. The van der Waals surface area contributed by atoms with Crippen molar-refractivity contribution < 1.29 is 14.3 Å². The van der Waals surface area contributed by atoms with E-state index in [0.717, 1.165) is 37.1 Å². The molecule has 4 aromatic rings. The van der Waals surface area contributed by atoms with Gasteiger partial charge in [0.25, 0.3) is 0 Å². The number of hydrogen-bond acceptors (Lipinski definition) is 4. The molecule has 5 rings (SSSR count). The lowest BCUT2D eigenvalue weighted by Crippen LogP contribution is -2.25. The molecule has 0 saturated heterocycles. The molecule has 0 radical (unpaired) electrons. The Morgan fingerprint density at radius 1 is 1.03 bits per heavy atom. The second kappa shape index (κ2) is 8.28. The van der Waals surface area contributed by atoms with Gasteiger partial charge in [-0.25, -0.2) is 0 Å². The fourth-order valence-corrected chi connectivity index (χ4v) is 4.49. The van der Waals surface area contributed by atoms with E-state index in [4.69, 9.17) is 9.47 Å². The van der Waals surface area contributed by atoms with Crippen LogP contribution in [0.1, 0.15) is 31.2 Å². The third-order valence-corrected chi connectivity index (χ3v) is 5.98. The summed E-state index contributed by atoms with van der Waals surface area (Å²) in [7, 11) is 0. The molecule has 0 aromatic heterocycles. The number of nitrogens with zero attached hydrogens (tertiary/aromatic N) is 2. The van der Waals surface area contributed by atoms with Crippen LogP contribution >= 0.6 is 15.9 Å². The topological polar surface area (TPSA) is 51.1 Å². The third kappa shape index (κ3) is 3.50. The van der Waals surface area contributed by atoms with E-state index < -0.39 is 6.23 Å². The maximum absolute atomic E-state index is 12.6. The number of hydrazone groups is 1. The molecule has 4 aromatic carbocycles. The fraction of sp³-hybridized carbons (Fsp3) is 0.154. The smallest absolute Gasteiger partial charge is 0.243 e. The van der Waals surface area contributed by atoms with Crippen molar-refractivity contribution in [3.05, 3.63) is 88.4 Å². The molecule has 160 valence electrons. The SMILES string of the molecule is CCOc1ccc(Br)cc1C1OC(c2c3ccccc3cc3ccccc23)=NN1C(C)=O. The summed E-state index contributed by atoms with van der Waals surface area (Å²) in [4.78, 5) is 12.6. The quantitative estimate of drug-likeness (QED) is 0.312. The molecule has 1 unspecified atom stereocenters.